The summed E-state index contributed by atoms with van der Waals surface area (Å²) >= 11 is 6.22. The summed E-state index contributed by atoms with van der Waals surface area (Å²) in [6.07, 6.45) is 12.1. The summed E-state index contributed by atoms with van der Waals surface area (Å²) in [5.74, 6) is 3.29. The molecule has 1 aromatic heterocycles. The van der Waals surface area contributed by atoms with Gasteiger partial charge in [-0.3, -0.25) is 9.48 Å². The lowest BCUT2D eigenvalue weighted by Gasteiger charge is -2.61. The van der Waals surface area contributed by atoms with Crippen molar-refractivity contribution < 1.29 is 9.90 Å². The van der Waals surface area contributed by atoms with Crippen molar-refractivity contribution in [3.8, 4) is 0 Å². The van der Waals surface area contributed by atoms with Crippen LogP contribution in [0.1, 0.15) is 78.6 Å². The SMILES string of the molecule is C[C@@]1(O)CC[C@@]2(C)[C@@H](CC[C@@H]3[C@@H]2CC[C@]2(C)[C@@H](C(=O)Cn4ncc5ccc(Cl)cc54)CC[C@@H]32)C1. The van der Waals surface area contributed by atoms with Gasteiger partial charge in [0.05, 0.1) is 17.3 Å². The van der Waals surface area contributed by atoms with E-state index >= 15 is 0 Å². The first-order valence-corrected chi connectivity index (χ1v) is 13.8. The molecular formula is C29H39ClN2O2. The van der Waals surface area contributed by atoms with Gasteiger partial charge in [0.25, 0.3) is 0 Å². The number of fused-ring (bicyclic) bond motifs is 6. The Morgan fingerprint density at radius 2 is 1.85 bits per heavy atom. The fourth-order valence-electron chi connectivity index (χ4n) is 9.39. The average Bonchev–Trinajstić information content (AvgIpc) is 3.34. The van der Waals surface area contributed by atoms with Crippen molar-refractivity contribution in [2.24, 2.45) is 40.4 Å². The number of Topliss-reactive ketones (excluding diaryl/α,β-unsaturated/α-hetero) is 1. The minimum atomic E-state index is -0.480. The molecule has 34 heavy (non-hydrogen) atoms. The van der Waals surface area contributed by atoms with Crippen molar-refractivity contribution in [3.05, 3.63) is 29.4 Å². The van der Waals surface area contributed by atoms with E-state index in [0.717, 1.165) is 48.4 Å². The van der Waals surface area contributed by atoms with Crippen molar-refractivity contribution in [2.75, 3.05) is 0 Å². The van der Waals surface area contributed by atoms with Crippen LogP contribution in [0.3, 0.4) is 0 Å². The molecule has 1 N–H and O–H groups in total. The van der Waals surface area contributed by atoms with Crippen molar-refractivity contribution in [1.82, 2.24) is 9.78 Å². The van der Waals surface area contributed by atoms with Gasteiger partial charge in [0.15, 0.2) is 5.78 Å². The molecule has 0 saturated heterocycles. The van der Waals surface area contributed by atoms with E-state index in [1.165, 1.54) is 32.1 Å². The molecule has 0 bridgehead atoms. The Hall–Kier alpha value is -1.39. The van der Waals surface area contributed by atoms with Gasteiger partial charge in [0.1, 0.15) is 6.54 Å². The second-order valence-electron chi connectivity index (χ2n) is 13.0. The van der Waals surface area contributed by atoms with E-state index in [1.54, 1.807) is 0 Å². The lowest BCUT2D eigenvalue weighted by molar-refractivity contribution is -0.151. The van der Waals surface area contributed by atoms with Gasteiger partial charge in [-0.15, -0.1) is 0 Å². The van der Waals surface area contributed by atoms with Gasteiger partial charge in [-0.05, 0) is 117 Å². The van der Waals surface area contributed by atoms with Crippen LogP contribution in [-0.2, 0) is 11.3 Å². The zero-order chi connectivity index (χ0) is 23.9. The highest BCUT2D eigenvalue weighted by atomic mass is 35.5. The number of halogens is 1. The third-order valence-corrected chi connectivity index (χ3v) is 11.5. The van der Waals surface area contributed by atoms with Crippen LogP contribution in [0.5, 0.6) is 0 Å². The van der Waals surface area contributed by atoms with Gasteiger partial charge < -0.3 is 5.11 Å². The number of hydrogen-bond acceptors (Lipinski definition) is 3. The molecule has 184 valence electrons. The summed E-state index contributed by atoms with van der Waals surface area (Å²) in [5, 5.41) is 17.0. The molecule has 0 unspecified atom stereocenters. The normalized spacial score (nSPS) is 43.9. The number of nitrogens with zero attached hydrogens (tertiary/aromatic N) is 2. The van der Waals surface area contributed by atoms with Crippen LogP contribution >= 0.6 is 11.6 Å². The number of benzene rings is 1. The summed E-state index contributed by atoms with van der Waals surface area (Å²) in [5.41, 5.74) is 0.944. The molecule has 4 aliphatic carbocycles. The Balaban J connectivity index is 1.22. The molecule has 0 amide bonds. The number of aromatic nitrogens is 2. The first-order valence-electron chi connectivity index (χ1n) is 13.5. The number of carbonyl (C=O) groups is 1. The summed E-state index contributed by atoms with van der Waals surface area (Å²) in [6, 6.07) is 5.77. The highest BCUT2D eigenvalue weighted by Crippen LogP contribution is 2.68. The average molecular weight is 483 g/mol. The lowest BCUT2D eigenvalue weighted by Crippen LogP contribution is -2.55. The number of rotatable bonds is 3. The van der Waals surface area contributed by atoms with E-state index in [0.29, 0.717) is 34.6 Å². The maximum Gasteiger partial charge on any atom is 0.157 e. The minimum absolute atomic E-state index is 0.113. The second kappa shape index (κ2) is 7.80. The van der Waals surface area contributed by atoms with Crippen molar-refractivity contribution >= 4 is 28.3 Å². The van der Waals surface area contributed by atoms with Crippen LogP contribution in [-0.4, -0.2) is 26.3 Å². The molecule has 0 spiro atoms. The van der Waals surface area contributed by atoms with Gasteiger partial charge in [0.2, 0.25) is 0 Å². The van der Waals surface area contributed by atoms with Crippen LogP contribution in [0.15, 0.2) is 24.4 Å². The summed E-state index contributed by atoms with van der Waals surface area (Å²) in [4.78, 5) is 13.7. The van der Waals surface area contributed by atoms with Crippen LogP contribution in [0.25, 0.3) is 10.9 Å². The molecule has 1 heterocycles. The third kappa shape index (κ3) is 3.42. The maximum atomic E-state index is 13.7. The molecule has 4 nitrogen and oxygen atoms in total. The minimum Gasteiger partial charge on any atom is -0.390 e. The summed E-state index contributed by atoms with van der Waals surface area (Å²) in [6.45, 7) is 7.36. The Labute approximate surface area is 208 Å². The third-order valence-electron chi connectivity index (χ3n) is 11.3. The van der Waals surface area contributed by atoms with Crippen molar-refractivity contribution in [2.45, 2.75) is 90.7 Å². The first-order chi connectivity index (χ1) is 16.1. The van der Waals surface area contributed by atoms with E-state index < -0.39 is 5.60 Å². The van der Waals surface area contributed by atoms with Crippen LogP contribution < -0.4 is 0 Å². The van der Waals surface area contributed by atoms with E-state index in [-0.39, 0.29) is 11.3 Å². The predicted octanol–water partition coefficient (Wildman–Crippen LogP) is 6.67. The molecule has 0 radical (unpaired) electrons. The van der Waals surface area contributed by atoms with E-state index in [4.69, 9.17) is 11.6 Å². The van der Waals surface area contributed by atoms with Gasteiger partial charge in [-0.25, -0.2) is 0 Å². The highest BCUT2D eigenvalue weighted by molar-refractivity contribution is 6.31. The molecule has 6 rings (SSSR count). The molecule has 1 aromatic carbocycles. The van der Waals surface area contributed by atoms with E-state index in [2.05, 4.69) is 18.9 Å². The number of aliphatic hydroxyl groups is 1. The zero-order valence-corrected chi connectivity index (χ0v) is 21.7. The maximum absolute atomic E-state index is 13.7. The fraction of sp³-hybridized carbons (Fsp3) is 0.724. The van der Waals surface area contributed by atoms with E-state index in [9.17, 15) is 9.90 Å². The molecule has 8 atom stereocenters. The number of carbonyl (C=O) groups excluding carboxylic acids is 1. The Morgan fingerprint density at radius 1 is 1.06 bits per heavy atom. The van der Waals surface area contributed by atoms with Gasteiger partial charge in [0, 0.05) is 16.3 Å². The smallest absolute Gasteiger partial charge is 0.157 e. The zero-order valence-electron chi connectivity index (χ0n) is 20.9. The van der Waals surface area contributed by atoms with E-state index in [1.807, 2.05) is 36.0 Å². The molecule has 4 fully saturated rings. The highest BCUT2D eigenvalue weighted by Gasteiger charge is 2.61. The Bertz CT molecular complexity index is 1120. The second-order valence-corrected chi connectivity index (χ2v) is 13.4. The molecule has 4 saturated carbocycles. The number of ketones is 1. The lowest BCUT2D eigenvalue weighted by atomic mass is 9.44. The van der Waals surface area contributed by atoms with Crippen LogP contribution in [0.4, 0.5) is 0 Å². The predicted molar refractivity (Wildman–Crippen MR) is 136 cm³/mol. The fourth-order valence-corrected chi connectivity index (χ4v) is 9.55. The quantitative estimate of drug-likeness (QED) is 0.531. The topological polar surface area (TPSA) is 55.1 Å². The number of hydrogen-bond donors (Lipinski definition) is 1. The van der Waals surface area contributed by atoms with Gasteiger partial charge >= 0.3 is 0 Å². The first kappa shape index (κ1) is 23.0. The molecule has 5 heteroatoms. The molecule has 0 aliphatic heterocycles. The molecule has 2 aromatic rings. The Morgan fingerprint density at radius 3 is 2.68 bits per heavy atom. The van der Waals surface area contributed by atoms with Crippen molar-refractivity contribution in [3.63, 3.8) is 0 Å². The van der Waals surface area contributed by atoms with Crippen LogP contribution in [0.2, 0.25) is 5.02 Å². The molecule has 4 aliphatic rings. The summed E-state index contributed by atoms with van der Waals surface area (Å²) in [7, 11) is 0. The molecular weight excluding hydrogens is 444 g/mol. The monoisotopic (exact) mass is 482 g/mol. The summed E-state index contributed by atoms with van der Waals surface area (Å²) < 4.78 is 1.85. The largest absolute Gasteiger partial charge is 0.390 e. The Kier molecular flexibility index (Phi) is 5.29. The van der Waals surface area contributed by atoms with Crippen LogP contribution in [0, 0.1) is 40.4 Å². The van der Waals surface area contributed by atoms with Crippen molar-refractivity contribution in [1.29, 1.82) is 0 Å². The van der Waals surface area contributed by atoms with Gasteiger partial charge in [-0.1, -0.05) is 25.4 Å². The standard InChI is InChI=1S/C29H39ClN2O2/c1-27(34)12-13-28(2)19(15-27)5-7-21-22-8-9-24(29(22,3)11-10-23(21)28)26(33)17-32-25-14-20(30)6-4-18(25)16-31-32/h4,6,14,16,19,21-24,34H,5,7-13,15,17H2,1-3H3/t19-,21-,22-,23-,24+,27+,28-,29-/m0/s1. The van der Waals surface area contributed by atoms with Gasteiger partial charge in [-0.2, -0.15) is 5.10 Å².